The first-order valence-corrected chi connectivity index (χ1v) is 15.5. The summed E-state index contributed by atoms with van der Waals surface area (Å²) in [7, 11) is -3.71. The molecule has 0 N–H and O–H groups in total. The van der Waals surface area contributed by atoms with E-state index in [4.69, 9.17) is 9.47 Å². The monoisotopic (exact) mass is 551 g/mol. The third-order valence-electron chi connectivity index (χ3n) is 6.58. The molecule has 204 valence electrons. The van der Waals surface area contributed by atoms with Crippen molar-refractivity contribution in [3.8, 4) is 5.75 Å². The molecule has 0 bridgehead atoms. The van der Waals surface area contributed by atoms with Crippen LogP contribution < -0.4 is 9.64 Å². The first-order valence-electron chi connectivity index (χ1n) is 12.7. The van der Waals surface area contributed by atoms with Crippen LogP contribution in [-0.2, 0) is 19.4 Å². The quantitative estimate of drug-likeness (QED) is 0.251. The van der Waals surface area contributed by atoms with Crippen molar-refractivity contribution in [2.75, 3.05) is 30.1 Å². The van der Waals surface area contributed by atoms with Crippen molar-refractivity contribution in [2.45, 2.75) is 75.7 Å². The standard InChI is InChI=1S/C28H38FNO5S2/c1-7-9-14-28(8-2)18-30(21-12-10-20(29)11-13-21)22-15-24(36-6)23(16-25(22)37(32,33)19-28)34-17-26(31)35-27(3,4)5/h10-13,15-16H,7-9,14,17-19H2,1-6H3. The molecule has 0 radical (unpaired) electrons. The number of hydrogen-bond acceptors (Lipinski definition) is 7. The van der Waals surface area contributed by atoms with Gasteiger partial charge in [0.15, 0.2) is 16.4 Å². The van der Waals surface area contributed by atoms with E-state index in [9.17, 15) is 17.6 Å². The van der Waals surface area contributed by atoms with Crippen LogP contribution in [0.4, 0.5) is 15.8 Å². The van der Waals surface area contributed by atoms with Crippen LogP contribution in [0, 0.1) is 11.2 Å². The maximum atomic E-state index is 13.9. The fourth-order valence-electron chi connectivity index (χ4n) is 4.66. The van der Waals surface area contributed by atoms with Crippen LogP contribution in [0.25, 0.3) is 0 Å². The number of sulfone groups is 1. The molecule has 2 aromatic rings. The Balaban J connectivity index is 2.14. The second-order valence-electron chi connectivity index (χ2n) is 10.6. The lowest BCUT2D eigenvalue weighted by atomic mass is 9.81. The number of thioether (sulfide) groups is 1. The zero-order valence-corrected chi connectivity index (χ0v) is 24.2. The molecule has 3 rings (SSSR count). The summed E-state index contributed by atoms with van der Waals surface area (Å²) >= 11 is 1.40. The van der Waals surface area contributed by atoms with Crippen LogP contribution in [0.1, 0.15) is 60.3 Å². The molecule has 1 atom stereocenters. The Labute approximate surface area is 224 Å². The summed E-state index contributed by atoms with van der Waals surface area (Å²) in [5.41, 5.74) is 0.132. The van der Waals surface area contributed by atoms with Crippen molar-refractivity contribution in [1.29, 1.82) is 0 Å². The van der Waals surface area contributed by atoms with E-state index in [0.29, 0.717) is 29.3 Å². The van der Waals surface area contributed by atoms with E-state index in [2.05, 4.69) is 6.92 Å². The highest BCUT2D eigenvalue weighted by atomic mass is 32.2. The molecule has 0 saturated heterocycles. The Hall–Kier alpha value is -2.26. The summed E-state index contributed by atoms with van der Waals surface area (Å²) in [6.45, 7) is 9.61. The Kier molecular flexibility index (Phi) is 9.22. The lowest BCUT2D eigenvalue weighted by molar-refractivity contribution is -0.157. The molecule has 37 heavy (non-hydrogen) atoms. The largest absolute Gasteiger partial charge is 0.481 e. The van der Waals surface area contributed by atoms with Crippen LogP contribution in [0.5, 0.6) is 5.75 Å². The first-order chi connectivity index (χ1) is 17.3. The van der Waals surface area contributed by atoms with Gasteiger partial charge in [-0.3, -0.25) is 0 Å². The fourth-order valence-corrected chi connectivity index (χ4v) is 7.39. The molecule has 0 spiro atoms. The number of nitrogens with zero attached hydrogens (tertiary/aromatic N) is 1. The van der Waals surface area contributed by atoms with Gasteiger partial charge in [-0.05, 0) is 70.2 Å². The molecule has 1 unspecified atom stereocenters. The number of fused-ring (bicyclic) bond motifs is 1. The predicted molar refractivity (Wildman–Crippen MR) is 147 cm³/mol. The van der Waals surface area contributed by atoms with Crippen LogP contribution in [-0.4, -0.2) is 45.1 Å². The van der Waals surface area contributed by atoms with Crippen molar-refractivity contribution >= 4 is 38.9 Å². The molecule has 0 aromatic heterocycles. The van der Waals surface area contributed by atoms with Gasteiger partial charge in [0.2, 0.25) is 0 Å². The molecule has 2 aromatic carbocycles. The van der Waals surface area contributed by atoms with Gasteiger partial charge in [-0.15, -0.1) is 11.8 Å². The number of unbranched alkanes of at least 4 members (excludes halogenated alkanes) is 1. The molecular formula is C28H38FNO5S2. The van der Waals surface area contributed by atoms with Crippen LogP contribution in [0.15, 0.2) is 46.2 Å². The average Bonchev–Trinajstić information content (AvgIpc) is 2.92. The Morgan fingerprint density at radius 3 is 2.41 bits per heavy atom. The number of hydrogen-bond donors (Lipinski definition) is 0. The van der Waals surface area contributed by atoms with Gasteiger partial charge >= 0.3 is 5.97 Å². The van der Waals surface area contributed by atoms with Gasteiger partial charge in [-0.2, -0.15) is 0 Å². The summed E-state index contributed by atoms with van der Waals surface area (Å²) in [6, 6.07) is 9.48. The number of halogens is 1. The Bertz CT molecular complexity index is 1210. The fraction of sp³-hybridized carbons (Fsp3) is 0.536. The number of carbonyl (C=O) groups is 1. The van der Waals surface area contributed by atoms with E-state index in [-0.39, 0.29) is 23.1 Å². The highest BCUT2D eigenvalue weighted by Crippen LogP contribution is 2.47. The van der Waals surface area contributed by atoms with E-state index in [1.807, 2.05) is 18.1 Å². The smallest absolute Gasteiger partial charge is 0.344 e. The van der Waals surface area contributed by atoms with Crippen molar-refractivity contribution in [3.05, 3.63) is 42.2 Å². The van der Waals surface area contributed by atoms with Crippen LogP contribution >= 0.6 is 11.8 Å². The Morgan fingerprint density at radius 1 is 1.16 bits per heavy atom. The van der Waals surface area contributed by atoms with Crippen molar-refractivity contribution in [2.24, 2.45) is 5.41 Å². The number of esters is 1. The molecule has 1 aliphatic heterocycles. The van der Waals surface area contributed by atoms with E-state index in [1.54, 1.807) is 39.0 Å². The second kappa shape index (κ2) is 11.6. The van der Waals surface area contributed by atoms with Crippen molar-refractivity contribution < 1.29 is 27.1 Å². The Morgan fingerprint density at radius 2 is 1.84 bits per heavy atom. The van der Waals surface area contributed by atoms with Gasteiger partial charge in [0.05, 0.1) is 21.2 Å². The molecule has 0 aliphatic carbocycles. The number of anilines is 2. The van der Waals surface area contributed by atoms with Gasteiger partial charge in [-0.1, -0.05) is 26.7 Å². The minimum absolute atomic E-state index is 0.00527. The van der Waals surface area contributed by atoms with E-state index in [1.165, 1.54) is 30.0 Å². The van der Waals surface area contributed by atoms with Crippen molar-refractivity contribution in [3.63, 3.8) is 0 Å². The maximum absolute atomic E-state index is 13.9. The number of carbonyl (C=O) groups excluding carboxylic acids is 1. The van der Waals surface area contributed by atoms with Crippen LogP contribution in [0.2, 0.25) is 0 Å². The van der Waals surface area contributed by atoms with Gasteiger partial charge in [-0.25, -0.2) is 17.6 Å². The summed E-state index contributed by atoms with van der Waals surface area (Å²) in [6.07, 6.45) is 5.20. The molecule has 0 amide bonds. The second-order valence-corrected chi connectivity index (χ2v) is 13.4. The van der Waals surface area contributed by atoms with E-state index >= 15 is 0 Å². The minimum Gasteiger partial charge on any atom is -0.481 e. The summed E-state index contributed by atoms with van der Waals surface area (Å²) in [5.74, 6) is -0.562. The first kappa shape index (κ1) is 29.3. The van der Waals surface area contributed by atoms with Gasteiger partial charge < -0.3 is 14.4 Å². The zero-order valence-electron chi connectivity index (χ0n) is 22.6. The molecule has 6 nitrogen and oxygen atoms in total. The van der Waals surface area contributed by atoms with E-state index in [0.717, 1.165) is 24.9 Å². The number of ether oxygens (including phenoxy) is 2. The zero-order chi connectivity index (χ0) is 27.4. The summed E-state index contributed by atoms with van der Waals surface area (Å²) in [4.78, 5) is 15.1. The maximum Gasteiger partial charge on any atom is 0.344 e. The lowest BCUT2D eigenvalue weighted by Crippen LogP contribution is -2.37. The van der Waals surface area contributed by atoms with Gasteiger partial charge in [0.25, 0.3) is 0 Å². The molecule has 1 heterocycles. The predicted octanol–water partition coefficient (Wildman–Crippen LogP) is 6.78. The van der Waals surface area contributed by atoms with Crippen LogP contribution in [0.3, 0.4) is 0 Å². The topological polar surface area (TPSA) is 72.9 Å². The molecule has 0 saturated carbocycles. The highest BCUT2D eigenvalue weighted by molar-refractivity contribution is 7.98. The highest BCUT2D eigenvalue weighted by Gasteiger charge is 2.42. The third kappa shape index (κ3) is 7.19. The van der Waals surface area contributed by atoms with Gasteiger partial charge in [0.1, 0.15) is 17.2 Å². The molecule has 1 aliphatic rings. The average molecular weight is 552 g/mol. The molecule has 0 fully saturated rings. The normalized spacial score (nSPS) is 19.2. The lowest BCUT2D eigenvalue weighted by Gasteiger charge is -2.36. The van der Waals surface area contributed by atoms with Gasteiger partial charge in [0, 0.05) is 23.7 Å². The van der Waals surface area contributed by atoms with E-state index < -0.39 is 26.8 Å². The number of rotatable bonds is 9. The molecular weight excluding hydrogens is 513 g/mol. The van der Waals surface area contributed by atoms with Crippen molar-refractivity contribution in [1.82, 2.24) is 0 Å². The molecule has 9 heteroatoms. The SMILES string of the molecule is CCCCC1(CC)CN(c2ccc(F)cc2)c2cc(SC)c(OCC(=O)OC(C)(C)C)cc2S(=O)(=O)C1. The summed E-state index contributed by atoms with van der Waals surface area (Å²) in [5, 5.41) is 0. The minimum atomic E-state index is -3.71. The summed E-state index contributed by atoms with van der Waals surface area (Å²) < 4.78 is 52.7. The third-order valence-corrected chi connectivity index (χ3v) is 9.32. The number of benzene rings is 2.